The second kappa shape index (κ2) is 7.75. The van der Waals surface area contributed by atoms with Crippen molar-refractivity contribution in [2.45, 2.75) is 32.6 Å². The first-order valence-corrected chi connectivity index (χ1v) is 8.52. The van der Waals surface area contributed by atoms with Crippen molar-refractivity contribution in [1.82, 2.24) is 10.2 Å². The molecule has 2 N–H and O–H groups in total. The number of hydrogen-bond donors (Lipinski definition) is 2. The lowest BCUT2D eigenvalue weighted by atomic mass is 10.0. The van der Waals surface area contributed by atoms with Gasteiger partial charge in [-0.3, -0.25) is 9.59 Å². The van der Waals surface area contributed by atoms with Gasteiger partial charge in [0.2, 0.25) is 5.91 Å². The number of fused-ring (bicyclic) bond motifs is 1. The van der Waals surface area contributed by atoms with Gasteiger partial charge in [-0.05, 0) is 37.0 Å². The highest BCUT2D eigenvalue weighted by molar-refractivity contribution is 5.94. The SMILES string of the molecule is CCC(=O)Nc1ccc2c(CCCc3ccccc3)n[nH]c(=O)c2c1. The van der Waals surface area contributed by atoms with E-state index in [0.717, 1.165) is 30.3 Å². The highest BCUT2D eigenvalue weighted by Gasteiger charge is 2.09. The van der Waals surface area contributed by atoms with Crippen LogP contribution in [0.4, 0.5) is 5.69 Å². The van der Waals surface area contributed by atoms with Crippen LogP contribution in [0.3, 0.4) is 0 Å². The zero-order valence-electron chi connectivity index (χ0n) is 14.2. The molecule has 0 atom stereocenters. The Morgan fingerprint density at radius 1 is 1.08 bits per heavy atom. The number of carbonyl (C=O) groups is 1. The Morgan fingerprint density at radius 2 is 1.88 bits per heavy atom. The number of anilines is 1. The van der Waals surface area contributed by atoms with E-state index >= 15 is 0 Å². The summed E-state index contributed by atoms with van der Waals surface area (Å²) < 4.78 is 0. The molecule has 5 heteroatoms. The Labute approximate surface area is 146 Å². The van der Waals surface area contributed by atoms with Crippen LogP contribution in [0.1, 0.15) is 31.0 Å². The van der Waals surface area contributed by atoms with E-state index in [-0.39, 0.29) is 11.5 Å². The molecule has 0 unspecified atom stereocenters. The van der Waals surface area contributed by atoms with Gasteiger partial charge in [0.1, 0.15) is 0 Å². The van der Waals surface area contributed by atoms with E-state index in [0.29, 0.717) is 17.5 Å². The van der Waals surface area contributed by atoms with E-state index < -0.39 is 0 Å². The van der Waals surface area contributed by atoms with Crippen molar-refractivity contribution >= 4 is 22.4 Å². The van der Waals surface area contributed by atoms with Gasteiger partial charge in [-0.25, -0.2) is 5.10 Å². The van der Waals surface area contributed by atoms with Crippen LogP contribution in [-0.4, -0.2) is 16.1 Å². The molecule has 0 aliphatic heterocycles. The van der Waals surface area contributed by atoms with E-state index in [1.165, 1.54) is 5.56 Å². The minimum Gasteiger partial charge on any atom is -0.326 e. The predicted molar refractivity (Wildman–Crippen MR) is 99.8 cm³/mol. The maximum atomic E-state index is 12.1. The molecule has 25 heavy (non-hydrogen) atoms. The minimum absolute atomic E-state index is 0.0760. The predicted octanol–water partition coefficient (Wildman–Crippen LogP) is 3.45. The molecule has 1 heterocycles. The van der Waals surface area contributed by atoms with Gasteiger partial charge in [-0.2, -0.15) is 5.10 Å². The molecule has 0 radical (unpaired) electrons. The first-order valence-electron chi connectivity index (χ1n) is 8.52. The summed E-state index contributed by atoms with van der Waals surface area (Å²) in [7, 11) is 0. The van der Waals surface area contributed by atoms with E-state index in [1.807, 2.05) is 30.3 Å². The number of benzene rings is 2. The molecule has 0 saturated heterocycles. The van der Waals surface area contributed by atoms with Crippen molar-refractivity contribution in [2.75, 3.05) is 5.32 Å². The maximum Gasteiger partial charge on any atom is 0.272 e. The number of amides is 1. The van der Waals surface area contributed by atoms with Crippen molar-refractivity contribution in [1.29, 1.82) is 0 Å². The molecule has 0 fully saturated rings. The molecule has 0 spiro atoms. The second-order valence-electron chi connectivity index (χ2n) is 6.00. The van der Waals surface area contributed by atoms with E-state index in [1.54, 1.807) is 13.0 Å². The summed E-state index contributed by atoms with van der Waals surface area (Å²) in [6, 6.07) is 15.7. The number of nitrogens with zero attached hydrogens (tertiary/aromatic N) is 1. The number of H-pyrrole nitrogens is 1. The zero-order chi connectivity index (χ0) is 17.6. The number of nitrogens with one attached hydrogen (secondary N) is 2. The van der Waals surface area contributed by atoms with Crippen molar-refractivity contribution in [3.63, 3.8) is 0 Å². The molecule has 1 aromatic heterocycles. The van der Waals surface area contributed by atoms with Crippen molar-refractivity contribution in [3.05, 3.63) is 70.1 Å². The molecule has 3 rings (SSSR count). The highest BCUT2D eigenvalue weighted by atomic mass is 16.1. The van der Waals surface area contributed by atoms with E-state index in [9.17, 15) is 9.59 Å². The molecule has 0 aliphatic carbocycles. The summed E-state index contributed by atoms with van der Waals surface area (Å²) in [6.07, 6.45) is 3.10. The smallest absolute Gasteiger partial charge is 0.272 e. The van der Waals surface area contributed by atoms with Gasteiger partial charge >= 0.3 is 0 Å². The molecule has 128 valence electrons. The number of hydrogen-bond acceptors (Lipinski definition) is 3. The molecule has 0 bridgehead atoms. The number of aryl methyl sites for hydroxylation is 2. The van der Waals surface area contributed by atoms with Gasteiger partial charge in [0.25, 0.3) is 5.56 Å². The Kier molecular flexibility index (Phi) is 5.23. The fourth-order valence-corrected chi connectivity index (χ4v) is 2.84. The third-order valence-electron chi connectivity index (χ3n) is 4.19. The molecule has 3 aromatic rings. The van der Waals surface area contributed by atoms with Crippen LogP contribution in [0.5, 0.6) is 0 Å². The van der Waals surface area contributed by atoms with Gasteiger partial charge in [0, 0.05) is 17.5 Å². The van der Waals surface area contributed by atoms with Crippen LogP contribution in [0.25, 0.3) is 10.8 Å². The third-order valence-corrected chi connectivity index (χ3v) is 4.19. The third kappa shape index (κ3) is 4.12. The Morgan fingerprint density at radius 3 is 2.64 bits per heavy atom. The lowest BCUT2D eigenvalue weighted by Gasteiger charge is -2.08. The van der Waals surface area contributed by atoms with Crippen LogP contribution >= 0.6 is 0 Å². The number of aromatic amines is 1. The van der Waals surface area contributed by atoms with Gasteiger partial charge < -0.3 is 5.32 Å². The molecular weight excluding hydrogens is 314 g/mol. The normalized spacial score (nSPS) is 10.8. The number of carbonyl (C=O) groups excluding carboxylic acids is 1. The maximum absolute atomic E-state index is 12.1. The molecular formula is C20H21N3O2. The first-order chi connectivity index (χ1) is 12.2. The van der Waals surface area contributed by atoms with Gasteiger partial charge in [-0.1, -0.05) is 43.3 Å². The summed E-state index contributed by atoms with van der Waals surface area (Å²) in [5, 5.41) is 11.0. The van der Waals surface area contributed by atoms with E-state index in [4.69, 9.17) is 0 Å². The van der Waals surface area contributed by atoms with Crippen molar-refractivity contribution in [2.24, 2.45) is 0 Å². The Balaban J connectivity index is 1.80. The molecule has 0 saturated carbocycles. The van der Waals surface area contributed by atoms with Gasteiger partial charge in [0.05, 0.1) is 11.1 Å². The van der Waals surface area contributed by atoms with E-state index in [2.05, 4.69) is 27.6 Å². The molecule has 1 amide bonds. The van der Waals surface area contributed by atoms with Crippen LogP contribution in [0.2, 0.25) is 0 Å². The van der Waals surface area contributed by atoms with Gasteiger partial charge in [0.15, 0.2) is 0 Å². The van der Waals surface area contributed by atoms with Crippen LogP contribution in [0.15, 0.2) is 53.3 Å². The largest absolute Gasteiger partial charge is 0.326 e. The molecule has 0 aliphatic rings. The summed E-state index contributed by atoms with van der Waals surface area (Å²) in [5.41, 5.74) is 2.56. The summed E-state index contributed by atoms with van der Waals surface area (Å²) in [4.78, 5) is 23.6. The average molecular weight is 335 g/mol. The molecule has 2 aromatic carbocycles. The van der Waals surface area contributed by atoms with Crippen LogP contribution in [0, 0.1) is 0 Å². The zero-order valence-corrected chi connectivity index (χ0v) is 14.2. The summed E-state index contributed by atoms with van der Waals surface area (Å²) >= 11 is 0. The minimum atomic E-state index is -0.241. The van der Waals surface area contributed by atoms with Crippen molar-refractivity contribution < 1.29 is 4.79 Å². The monoisotopic (exact) mass is 335 g/mol. The lowest BCUT2D eigenvalue weighted by molar-refractivity contribution is -0.115. The fourth-order valence-electron chi connectivity index (χ4n) is 2.84. The second-order valence-corrected chi connectivity index (χ2v) is 6.00. The highest BCUT2D eigenvalue weighted by Crippen LogP contribution is 2.20. The average Bonchev–Trinajstić information content (AvgIpc) is 2.64. The van der Waals surface area contributed by atoms with Gasteiger partial charge in [-0.15, -0.1) is 0 Å². The number of rotatable bonds is 6. The molecule has 5 nitrogen and oxygen atoms in total. The van der Waals surface area contributed by atoms with Crippen LogP contribution < -0.4 is 10.9 Å². The summed E-state index contributed by atoms with van der Waals surface area (Å²) in [5.74, 6) is -0.0760. The lowest BCUT2D eigenvalue weighted by Crippen LogP contribution is -2.13. The quantitative estimate of drug-likeness (QED) is 0.724. The topological polar surface area (TPSA) is 74.8 Å². The standard InChI is InChI=1S/C20H21N3O2/c1-2-19(24)21-15-11-12-16-17(13-15)20(25)23-22-18(16)10-6-9-14-7-4-3-5-8-14/h3-5,7-8,11-13H,2,6,9-10H2,1H3,(H,21,24)(H,23,25). The first kappa shape index (κ1) is 16.9. The Bertz CT molecular complexity index is 933. The van der Waals surface area contributed by atoms with Crippen molar-refractivity contribution in [3.8, 4) is 0 Å². The van der Waals surface area contributed by atoms with Crippen LogP contribution in [-0.2, 0) is 17.6 Å². The number of aromatic nitrogens is 2. The fraction of sp³-hybridized carbons (Fsp3) is 0.250. The Hall–Kier alpha value is -2.95. The summed E-state index contributed by atoms with van der Waals surface area (Å²) in [6.45, 7) is 1.79.